The first-order chi connectivity index (χ1) is 11.0. The predicted molar refractivity (Wildman–Crippen MR) is 93.0 cm³/mol. The summed E-state index contributed by atoms with van der Waals surface area (Å²) in [5.41, 5.74) is 2.23. The van der Waals surface area contributed by atoms with E-state index in [-0.39, 0.29) is 5.91 Å². The molecule has 1 aliphatic carbocycles. The Kier molecular flexibility index (Phi) is 4.62. The van der Waals surface area contributed by atoms with Gasteiger partial charge in [-0.05, 0) is 44.7 Å². The molecule has 1 amide bonds. The molecule has 3 rings (SSSR count). The van der Waals surface area contributed by atoms with E-state index in [2.05, 4.69) is 17.0 Å². The number of benzene rings is 1. The maximum absolute atomic E-state index is 13.0. The molecule has 1 saturated carbocycles. The minimum absolute atomic E-state index is 0.0240. The van der Waals surface area contributed by atoms with Gasteiger partial charge in [-0.15, -0.1) is 0 Å². The van der Waals surface area contributed by atoms with Crippen molar-refractivity contribution in [2.45, 2.75) is 51.0 Å². The van der Waals surface area contributed by atoms with Crippen molar-refractivity contribution >= 4 is 11.6 Å². The maximum Gasteiger partial charge on any atom is 0.255 e. The number of aryl methyl sites for hydroxylation is 1. The number of likely N-dealkylation sites (N-methyl/N-ethyl adjacent to an activating group) is 1. The summed E-state index contributed by atoms with van der Waals surface area (Å²) in [4.78, 5) is 17.0. The van der Waals surface area contributed by atoms with Crippen LogP contribution >= 0.6 is 0 Å². The number of aliphatic hydroxyl groups is 1. The number of hydrogen-bond donors (Lipinski definition) is 1. The Balaban J connectivity index is 1.81. The highest BCUT2D eigenvalue weighted by Crippen LogP contribution is 2.31. The minimum Gasteiger partial charge on any atom is -0.388 e. The van der Waals surface area contributed by atoms with Gasteiger partial charge in [-0.3, -0.25) is 4.79 Å². The van der Waals surface area contributed by atoms with Crippen molar-refractivity contribution in [2.75, 3.05) is 31.6 Å². The van der Waals surface area contributed by atoms with E-state index in [0.717, 1.165) is 55.6 Å². The third-order valence-electron chi connectivity index (χ3n) is 5.24. The summed E-state index contributed by atoms with van der Waals surface area (Å²) in [5, 5.41) is 10.6. The lowest BCUT2D eigenvalue weighted by molar-refractivity contribution is 0.0157. The number of carbonyl (C=O) groups is 1. The number of carbonyl (C=O) groups excluding carboxylic acids is 1. The average Bonchev–Trinajstić information content (AvgIpc) is 3.18. The Bertz CT molecular complexity index is 573. The monoisotopic (exact) mass is 316 g/mol. The Hall–Kier alpha value is -1.55. The van der Waals surface area contributed by atoms with Crippen molar-refractivity contribution in [2.24, 2.45) is 0 Å². The molecule has 1 aromatic carbocycles. The van der Waals surface area contributed by atoms with Crippen LogP contribution in [0.5, 0.6) is 0 Å². The lowest BCUT2D eigenvalue weighted by atomic mass is 10.0. The number of anilines is 1. The van der Waals surface area contributed by atoms with Crippen LogP contribution in [0.25, 0.3) is 0 Å². The molecule has 1 heterocycles. The van der Waals surface area contributed by atoms with Crippen LogP contribution in [0.3, 0.4) is 0 Å². The normalized spacial score (nSPS) is 20.0. The summed E-state index contributed by atoms with van der Waals surface area (Å²) in [7, 11) is 1.81. The van der Waals surface area contributed by atoms with E-state index in [1.165, 1.54) is 12.8 Å². The predicted octanol–water partition coefficient (Wildman–Crippen LogP) is 2.97. The van der Waals surface area contributed by atoms with Crippen LogP contribution in [0.4, 0.5) is 5.69 Å². The van der Waals surface area contributed by atoms with E-state index >= 15 is 0 Å². The van der Waals surface area contributed by atoms with E-state index in [1.807, 2.05) is 20.0 Å². The molecule has 1 aliphatic heterocycles. The number of hydrogen-bond acceptors (Lipinski definition) is 3. The molecule has 23 heavy (non-hydrogen) atoms. The van der Waals surface area contributed by atoms with Gasteiger partial charge in [0.05, 0.1) is 11.2 Å². The summed E-state index contributed by atoms with van der Waals surface area (Å²) in [6.45, 7) is 4.50. The fourth-order valence-corrected chi connectivity index (χ4v) is 3.97. The molecule has 2 aliphatic rings. The highest BCUT2D eigenvalue weighted by atomic mass is 16.3. The number of nitrogens with zero attached hydrogens (tertiary/aromatic N) is 2. The van der Waals surface area contributed by atoms with Gasteiger partial charge in [-0.1, -0.05) is 24.5 Å². The molecule has 0 aromatic heterocycles. The first-order valence-electron chi connectivity index (χ1n) is 8.82. The fraction of sp³-hybridized carbons (Fsp3) is 0.632. The van der Waals surface area contributed by atoms with Crippen LogP contribution in [0.1, 0.15) is 54.4 Å². The molecule has 126 valence electrons. The summed E-state index contributed by atoms with van der Waals surface area (Å²) < 4.78 is 0. The second-order valence-corrected chi connectivity index (χ2v) is 7.31. The SMILES string of the molecule is Cc1ccc(N2CCCC2)c(C(=O)N(C)CC2(O)CCCC2)c1. The first kappa shape index (κ1) is 16.3. The zero-order valence-corrected chi connectivity index (χ0v) is 14.3. The zero-order valence-electron chi connectivity index (χ0n) is 14.3. The van der Waals surface area contributed by atoms with Crippen LogP contribution in [-0.2, 0) is 0 Å². The van der Waals surface area contributed by atoms with Crippen molar-refractivity contribution in [3.05, 3.63) is 29.3 Å². The van der Waals surface area contributed by atoms with Crippen molar-refractivity contribution in [1.29, 1.82) is 0 Å². The van der Waals surface area contributed by atoms with E-state index < -0.39 is 5.60 Å². The van der Waals surface area contributed by atoms with E-state index in [4.69, 9.17) is 0 Å². The highest BCUT2D eigenvalue weighted by molar-refractivity contribution is 6.00. The highest BCUT2D eigenvalue weighted by Gasteiger charge is 2.34. The van der Waals surface area contributed by atoms with Gasteiger partial charge in [0, 0.05) is 32.4 Å². The standard InChI is InChI=1S/C19H28N2O2/c1-15-7-8-17(21-11-5-6-12-21)16(13-15)18(22)20(2)14-19(23)9-3-4-10-19/h7-8,13,23H,3-6,9-12,14H2,1-2H3. The smallest absolute Gasteiger partial charge is 0.255 e. The van der Waals surface area contributed by atoms with Crippen molar-refractivity contribution in [3.63, 3.8) is 0 Å². The quantitative estimate of drug-likeness (QED) is 0.929. The zero-order chi connectivity index (χ0) is 16.4. The van der Waals surface area contributed by atoms with Gasteiger partial charge < -0.3 is 14.9 Å². The third-order valence-corrected chi connectivity index (χ3v) is 5.24. The molecular weight excluding hydrogens is 288 g/mol. The van der Waals surface area contributed by atoms with Crippen molar-refractivity contribution in [3.8, 4) is 0 Å². The number of rotatable bonds is 4. The molecule has 4 heteroatoms. The van der Waals surface area contributed by atoms with Crippen molar-refractivity contribution < 1.29 is 9.90 Å². The molecule has 2 fully saturated rings. The summed E-state index contributed by atoms with van der Waals surface area (Å²) >= 11 is 0. The lowest BCUT2D eigenvalue weighted by Crippen LogP contribution is -2.42. The summed E-state index contributed by atoms with van der Waals surface area (Å²) in [5.74, 6) is 0.0240. The largest absolute Gasteiger partial charge is 0.388 e. The van der Waals surface area contributed by atoms with Gasteiger partial charge in [0.2, 0.25) is 0 Å². The fourth-order valence-electron chi connectivity index (χ4n) is 3.97. The Morgan fingerprint density at radius 3 is 2.52 bits per heavy atom. The molecule has 1 saturated heterocycles. The number of amides is 1. The van der Waals surface area contributed by atoms with Gasteiger partial charge in [-0.2, -0.15) is 0 Å². The van der Waals surface area contributed by atoms with Crippen LogP contribution < -0.4 is 4.90 Å². The molecule has 0 bridgehead atoms. The van der Waals surface area contributed by atoms with E-state index in [1.54, 1.807) is 4.90 Å². The minimum atomic E-state index is -0.692. The molecule has 0 spiro atoms. The van der Waals surface area contributed by atoms with E-state index in [0.29, 0.717) is 6.54 Å². The van der Waals surface area contributed by atoms with Crippen molar-refractivity contribution in [1.82, 2.24) is 4.90 Å². The lowest BCUT2D eigenvalue weighted by Gasteiger charge is -2.30. The second-order valence-electron chi connectivity index (χ2n) is 7.31. The molecule has 0 radical (unpaired) electrons. The third kappa shape index (κ3) is 3.52. The molecule has 4 nitrogen and oxygen atoms in total. The maximum atomic E-state index is 13.0. The Morgan fingerprint density at radius 1 is 1.22 bits per heavy atom. The average molecular weight is 316 g/mol. The van der Waals surface area contributed by atoms with Gasteiger partial charge in [0.15, 0.2) is 0 Å². The van der Waals surface area contributed by atoms with Crippen LogP contribution in [0, 0.1) is 6.92 Å². The molecule has 0 unspecified atom stereocenters. The van der Waals surface area contributed by atoms with Crippen LogP contribution in [0.15, 0.2) is 18.2 Å². The molecule has 1 N–H and O–H groups in total. The first-order valence-corrected chi connectivity index (χ1v) is 8.82. The Labute approximate surface area is 139 Å². The Morgan fingerprint density at radius 2 is 1.87 bits per heavy atom. The van der Waals surface area contributed by atoms with Crippen LogP contribution in [-0.4, -0.2) is 48.2 Å². The second kappa shape index (κ2) is 6.52. The van der Waals surface area contributed by atoms with Gasteiger partial charge in [0.1, 0.15) is 0 Å². The molecule has 1 aromatic rings. The van der Waals surface area contributed by atoms with Crippen LogP contribution in [0.2, 0.25) is 0 Å². The summed E-state index contributed by atoms with van der Waals surface area (Å²) in [6.07, 6.45) is 6.10. The topological polar surface area (TPSA) is 43.8 Å². The van der Waals surface area contributed by atoms with Gasteiger partial charge >= 0.3 is 0 Å². The summed E-state index contributed by atoms with van der Waals surface area (Å²) in [6, 6.07) is 6.14. The van der Waals surface area contributed by atoms with Gasteiger partial charge in [-0.25, -0.2) is 0 Å². The molecule has 0 atom stereocenters. The van der Waals surface area contributed by atoms with Gasteiger partial charge in [0.25, 0.3) is 5.91 Å². The van der Waals surface area contributed by atoms with E-state index in [9.17, 15) is 9.90 Å². The molecular formula is C19H28N2O2.